The molecular weight excluding hydrogens is 423 g/mol. The highest BCUT2D eigenvalue weighted by Crippen LogP contribution is 2.29. The van der Waals surface area contributed by atoms with Gasteiger partial charge in [0, 0.05) is 6.42 Å². The normalized spacial score (nSPS) is 11.0. The lowest BCUT2D eigenvalue weighted by Gasteiger charge is -2.10. The Balaban J connectivity index is 1.65. The van der Waals surface area contributed by atoms with Gasteiger partial charge < -0.3 is 14.2 Å². The van der Waals surface area contributed by atoms with E-state index < -0.39 is 23.8 Å². The van der Waals surface area contributed by atoms with Crippen molar-refractivity contribution in [3.8, 4) is 11.5 Å². The fourth-order valence-corrected chi connectivity index (χ4v) is 2.43. The molecule has 0 spiro atoms. The molecule has 2 aromatic rings. The highest BCUT2D eigenvalue weighted by Gasteiger charge is 2.29. The maximum atomic E-state index is 12.6. The first kappa shape index (κ1) is 24.2. The van der Waals surface area contributed by atoms with Gasteiger partial charge in [-0.05, 0) is 60.9 Å². The third-order valence-corrected chi connectivity index (χ3v) is 4.01. The molecule has 0 aliphatic carbocycles. The molecule has 0 N–H and O–H groups in total. The van der Waals surface area contributed by atoms with E-state index in [1.807, 2.05) is 0 Å². The van der Waals surface area contributed by atoms with Gasteiger partial charge in [-0.2, -0.15) is 22.0 Å². The zero-order chi connectivity index (χ0) is 22.7. The topological polar surface area (TPSA) is 44.8 Å². The molecule has 4 nitrogen and oxygen atoms in total. The first-order chi connectivity index (χ1) is 14.7. The number of benzene rings is 2. The summed E-state index contributed by atoms with van der Waals surface area (Å²) in [6.07, 6.45) is -4.94. The smallest absolute Gasteiger partial charge is 0.416 e. The Labute approximate surface area is 176 Å². The summed E-state index contributed by atoms with van der Waals surface area (Å²) in [5, 5.41) is 0. The number of esters is 1. The molecule has 0 saturated heterocycles. The lowest BCUT2D eigenvalue weighted by Crippen LogP contribution is -2.11. The van der Waals surface area contributed by atoms with Crippen molar-refractivity contribution >= 4 is 5.97 Å². The molecule has 31 heavy (non-hydrogen) atoms. The van der Waals surface area contributed by atoms with Crippen LogP contribution < -0.4 is 9.47 Å². The van der Waals surface area contributed by atoms with Crippen LogP contribution in [0.4, 0.5) is 22.0 Å². The van der Waals surface area contributed by atoms with Gasteiger partial charge in [0.1, 0.15) is 31.3 Å². The molecule has 0 atom stereocenters. The molecule has 0 aliphatic heterocycles. The van der Waals surface area contributed by atoms with E-state index in [0.717, 1.165) is 18.2 Å². The molecule has 0 radical (unpaired) electrons. The zero-order valence-electron chi connectivity index (χ0n) is 16.5. The van der Waals surface area contributed by atoms with E-state index in [1.165, 1.54) is 12.1 Å². The number of rotatable bonds is 11. The monoisotopic (exact) mass is 444 g/mol. The number of hydrogen-bond donors (Lipinski definition) is 0. The quantitative estimate of drug-likeness (QED) is 0.237. The van der Waals surface area contributed by atoms with Gasteiger partial charge in [-0.15, -0.1) is 0 Å². The van der Waals surface area contributed by atoms with E-state index in [4.69, 9.17) is 14.2 Å². The Bertz CT molecular complexity index is 842. The molecule has 0 fully saturated rings. The summed E-state index contributed by atoms with van der Waals surface area (Å²) < 4.78 is 77.3. The minimum absolute atomic E-state index is 0.0261. The summed E-state index contributed by atoms with van der Waals surface area (Å²) in [4.78, 5) is 11.4. The first-order valence-electron chi connectivity index (χ1n) is 9.42. The van der Waals surface area contributed by atoms with Crippen molar-refractivity contribution in [3.63, 3.8) is 0 Å². The number of halogens is 5. The summed E-state index contributed by atoms with van der Waals surface area (Å²) in [6.45, 7) is 0.261. The number of ether oxygens (including phenoxy) is 3. The van der Waals surface area contributed by atoms with Crippen LogP contribution in [0.2, 0.25) is 0 Å². The number of carbonyl (C=O) groups excluding carboxylic acids is 1. The van der Waals surface area contributed by atoms with E-state index in [9.17, 15) is 26.7 Å². The van der Waals surface area contributed by atoms with Crippen LogP contribution >= 0.6 is 0 Å². The Hall–Kier alpha value is -3.10. The first-order valence-corrected chi connectivity index (χ1v) is 9.42. The predicted octanol–water partition coefficient (Wildman–Crippen LogP) is 6.16. The molecule has 0 amide bonds. The number of carbonyl (C=O) groups is 1. The van der Waals surface area contributed by atoms with Crippen molar-refractivity contribution in [2.75, 3.05) is 13.2 Å². The van der Waals surface area contributed by atoms with Crippen LogP contribution in [0.25, 0.3) is 0 Å². The molecule has 2 aromatic carbocycles. The Morgan fingerprint density at radius 2 is 1.48 bits per heavy atom. The van der Waals surface area contributed by atoms with Crippen LogP contribution in [0, 0.1) is 0 Å². The molecule has 168 valence electrons. The van der Waals surface area contributed by atoms with E-state index in [2.05, 4.69) is 0 Å². The fraction of sp³-hybridized carbons (Fsp3) is 0.318. The number of alkyl halides is 3. The third kappa shape index (κ3) is 9.50. The van der Waals surface area contributed by atoms with Gasteiger partial charge in [0.15, 0.2) is 0 Å². The largest absolute Gasteiger partial charge is 0.490 e. The maximum absolute atomic E-state index is 12.6. The molecule has 0 bridgehead atoms. The van der Waals surface area contributed by atoms with Crippen molar-refractivity contribution < 1.29 is 41.0 Å². The second kappa shape index (κ2) is 11.9. The van der Waals surface area contributed by atoms with Crippen molar-refractivity contribution in [2.24, 2.45) is 0 Å². The summed E-state index contributed by atoms with van der Waals surface area (Å²) in [6, 6.07) is 11.3. The molecule has 0 saturated carbocycles. The van der Waals surface area contributed by atoms with Crippen LogP contribution in [-0.2, 0) is 22.3 Å². The van der Waals surface area contributed by atoms with Gasteiger partial charge in [-0.1, -0.05) is 12.1 Å². The van der Waals surface area contributed by atoms with Crippen LogP contribution in [0.5, 0.6) is 11.5 Å². The number of unbranched alkanes of at least 4 members (excludes halogenated alkanes) is 1. The van der Waals surface area contributed by atoms with Gasteiger partial charge in [0.25, 0.3) is 6.08 Å². The van der Waals surface area contributed by atoms with E-state index >= 15 is 0 Å². The molecule has 0 unspecified atom stereocenters. The average molecular weight is 444 g/mol. The fourth-order valence-electron chi connectivity index (χ4n) is 2.43. The minimum atomic E-state index is -4.37. The van der Waals surface area contributed by atoms with Crippen LogP contribution in [-0.4, -0.2) is 19.2 Å². The van der Waals surface area contributed by atoms with Gasteiger partial charge >= 0.3 is 12.1 Å². The second-order valence-electron chi connectivity index (χ2n) is 6.41. The number of hydrogen-bond acceptors (Lipinski definition) is 4. The van der Waals surface area contributed by atoms with Crippen molar-refractivity contribution in [1.82, 2.24) is 0 Å². The Kier molecular flexibility index (Phi) is 9.30. The lowest BCUT2D eigenvalue weighted by molar-refractivity contribution is -0.144. The van der Waals surface area contributed by atoms with Gasteiger partial charge in [0.05, 0.1) is 5.56 Å². The predicted molar refractivity (Wildman–Crippen MR) is 103 cm³/mol. The van der Waals surface area contributed by atoms with E-state index in [-0.39, 0.29) is 39.1 Å². The van der Waals surface area contributed by atoms with Crippen molar-refractivity contribution in [3.05, 3.63) is 71.8 Å². The molecule has 9 heteroatoms. The van der Waals surface area contributed by atoms with Crippen molar-refractivity contribution in [2.45, 2.75) is 32.0 Å². The standard InChI is InChI=1S/C22H21F5O4/c23-20(24)3-1-2-4-21(28)30-14-13-29-18-9-11-19(12-10-18)31-15-16-5-7-17(8-6-16)22(25,26)27/h3,5-12H,1-2,4,13-15H2. The molecular formula is C22H21F5O4. The average Bonchev–Trinajstić information content (AvgIpc) is 2.73. The summed E-state index contributed by atoms with van der Waals surface area (Å²) in [5.74, 6) is 0.544. The van der Waals surface area contributed by atoms with E-state index in [1.54, 1.807) is 24.3 Å². The van der Waals surface area contributed by atoms with Crippen LogP contribution in [0.15, 0.2) is 60.7 Å². The summed E-state index contributed by atoms with van der Waals surface area (Å²) >= 11 is 0. The Morgan fingerprint density at radius 3 is 2.06 bits per heavy atom. The molecule has 0 aromatic heterocycles. The SMILES string of the molecule is O=C(CCCC=C(F)F)OCCOc1ccc(OCc2ccc(C(F)(F)F)cc2)cc1. The molecule has 2 rings (SSSR count). The summed E-state index contributed by atoms with van der Waals surface area (Å²) in [7, 11) is 0. The molecule has 0 aliphatic rings. The van der Waals surface area contributed by atoms with Gasteiger partial charge in [-0.25, -0.2) is 0 Å². The van der Waals surface area contributed by atoms with Gasteiger partial charge in [0.2, 0.25) is 0 Å². The second-order valence-corrected chi connectivity index (χ2v) is 6.41. The Morgan fingerprint density at radius 1 is 0.871 bits per heavy atom. The third-order valence-electron chi connectivity index (χ3n) is 4.01. The summed E-state index contributed by atoms with van der Waals surface area (Å²) in [5.41, 5.74) is -0.117. The maximum Gasteiger partial charge on any atom is 0.416 e. The molecule has 0 heterocycles. The van der Waals surface area contributed by atoms with E-state index in [0.29, 0.717) is 17.1 Å². The highest BCUT2D eigenvalue weighted by molar-refractivity contribution is 5.69. The number of allylic oxidation sites excluding steroid dienone is 1. The van der Waals surface area contributed by atoms with Crippen LogP contribution in [0.1, 0.15) is 30.4 Å². The van der Waals surface area contributed by atoms with Crippen LogP contribution in [0.3, 0.4) is 0 Å². The van der Waals surface area contributed by atoms with Gasteiger partial charge in [-0.3, -0.25) is 4.79 Å². The lowest BCUT2D eigenvalue weighted by atomic mass is 10.1. The zero-order valence-corrected chi connectivity index (χ0v) is 16.5. The highest BCUT2D eigenvalue weighted by atomic mass is 19.4. The minimum Gasteiger partial charge on any atom is -0.490 e. The van der Waals surface area contributed by atoms with Crippen molar-refractivity contribution in [1.29, 1.82) is 0 Å².